The summed E-state index contributed by atoms with van der Waals surface area (Å²) in [5.41, 5.74) is 14.6. The van der Waals surface area contributed by atoms with Gasteiger partial charge in [0.25, 0.3) is 0 Å². The zero-order chi connectivity index (χ0) is 63.6. The number of carbonyl (C=O) groups excluding carboxylic acids is 8. The van der Waals surface area contributed by atoms with Gasteiger partial charge in [-0.1, -0.05) is 131 Å². The molecule has 1 aromatic rings. The number of aliphatic carboxylic acids is 2. The van der Waals surface area contributed by atoms with Crippen LogP contribution in [0.5, 0.6) is 5.75 Å². The number of aromatic hydroxyl groups is 1. The van der Waals surface area contributed by atoms with Crippen LogP contribution in [-0.4, -0.2) is 176 Å². The number of carbonyl (C=O) groups is 10. The maximum absolute atomic E-state index is 13.5. The second kappa shape index (κ2) is 55.1. The molecule has 5 atom stereocenters. The first-order valence-electron chi connectivity index (χ1n) is 30.6. The second-order valence-corrected chi connectivity index (χ2v) is 23.7. The van der Waals surface area contributed by atoms with Gasteiger partial charge in [-0.2, -0.15) is 0 Å². The van der Waals surface area contributed by atoms with Crippen molar-refractivity contribution in [2.45, 2.75) is 186 Å². The first-order chi connectivity index (χ1) is 41.4. The van der Waals surface area contributed by atoms with Gasteiger partial charge >= 0.3 is 63.3 Å². The molecule has 24 nitrogen and oxygen atoms in total. The SMILES string of the molecule is CCC(=O)NC(CCC(=O)NCCOCCOCC(=O)NCCOCCOCC(=O)NCCCC[C@@H]1NC(=O)[C@@H]([NH-])CSSC[C@@H](C(=O)C[C@@H](Cc2ccc(O)cc2)C(N)=O)CC1=O)C(=O)O.CCCCCCCCCCCCCCCCC(=O)O.[K+]. The summed E-state index contributed by atoms with van der Waals surface area (Å²) in [6.07, 6.45) is 19.7. The zero-order valence-electron chi connectivity index (χ0n) is 51.8. The fraction of sp³-hybridized carbons (Fsp3) is 0.733. The van der Waals surface area contributed by atoms with E-state index in [4.69, 9.17) is 40.6 Å². The maximum atomic E-state index is 13.5. The number of nitrogens with one attached hydrogen (secondary N) is 6. The number of Topliss-reactive ketones (excluding diaryl/α,β-unsaturated/α-hetero) is 2. The third kappa shape index (κ3) is 46.9. The maximum Gasteiger partial charge on any atom is 1.00 e. The molecule has 0 saturated carbocycles. The summed E-state index contributed by atoms with van der Waals surface area (Å²) in [6.45, 7) is 5.10. The van der Waals surface area contributed by atoms with Gasteiger partial charge in [0.15, 0.2) is 5.78 Å². The predicted molar refractivity (Wildman–Crippen MR) is 330 cm³/mol. The number of hydrogen-bond donors (Lipinski definition) is 9. The number of ether oxygens (including phenoxy) is 4. The summed E-state index contributed by atoms with van der Waals surface area (Å²) >= 11 is 0. The number of unbranched alkanes of at least 4 members (excludes halogenated alkanes) is 14. The van der Waals surface area contributed by atoms with Gasteiger partial charge in [0.2, 0.25) is 35.4 Å². The van der Waals surface area contributed by atoms with Crippen molar-refractivity contribution in [2.24, 2.45) is 17.6 Å². The Morgan fingerprint density at radius 1 is 0.655 bits per heavy atom. The van der Waals surface area contributed by atoms with Crippen LogP contribution < -0.4 is 83.7 Å². The summed E-state index contributed by atoms with van der Waals surface area (Å²) in [6, 6.07) is 3.03. The summed E-state index contributed by atoms with van der Waals surface area (Å²) in [4.78, 5) is 121. The van der Waals surface area contributed by atoms with Gasteiger partial charge in [-0.25, -0.2) is 4.79 Å². The van der Waals surface area contributed by atoms with E-state index in [1.807, 2.05) is 0 Å². The van der Waals surface area contributed by atoms with Crippen LogP contribution in [0.2, 0.25) is 0 Å². The van der Waals surface area contributed by atoms with Crippen LogP contribution >= 0.6 is 21.6 Å². The van der Waals surface area contributed by atoms with Crippen LogP contribution in [-0.2, 0) is 73.3 Å². The van der Waals surface area contributed by atoms with E-state index < -0.39 is 59.6 Å². The van der Waals surface area contributed by atoms with Gasteiger partial charge in [0.05, 0.1) is 45.7 Å². The van der Waals surface area contributed by atoms with Gasteiger partial charge in [-0.3, -0.25) is 43.2 Å². The molecule has 27 heteroatoms. The molecular weight excluding hydrogens is 1190 g/mol. The minimum atomic E-state index is -1.21. The molecule has 0 bridgehead atoms. The third-order valence-electron chi connectivity index (χ3n) is 13.7. The van der Waals surface area contributed by atoms with E-state index in [9.17, 15) is 53.1 Å². The number of amides is 6. The Morgan fingerprint density at radius 2 is 1.17 bits per heavy atom. The Morgan fingerprint density at radius 3 is 1.70 bits per heavy atom. The molecule has 1 fully saturated rings. The number of phenols is 1. The number of primary amides is 1. The molecule has 1 saturated heterocycles. The van der Waals surface area contributed by atoms with Crippen molar-refractivity contribution >= 4 is 80.5 Å². The van der Waals surface area contributed by atoms with Gasteiger partial charge in [-0.15, -0.1) is 0 Å². The standard InChI is InChI=1S/C43H66N7O15S2.C17H34O2.K/c1-2-37(54)49-34(43(60)61)10-11-38(55)47-13-15-62-17-20-65-25-40(57)48-14-16-63-18-19-64-24-39(56)46-12-4-3-5-33-36(53)23-30(26-66-67-27-32(44)42(59)50-33)35(52)22-29(41(45)58)21-28-6-8-31(51)9-7-28;1-2-3-4-5-6-7-8-9-10-11-12-13-14-15-16-17(18)19;/h6-9,29-30,32-34,44,51H,2-5,10-27H2,1H3,(H2,45,58)(H,46,56)(H,47,55)(H,48,57)(H,49,54)(H,50,59)(H,60,61);2-16H2,1H3,(H,18,19);/q-1;;+1/t29-,30+,32+,33+,34?;;/m1../s1. The van der Waals surface area contributed by atoms with E-state index in [0.29, 0.717) is 24.8 Å². The molecule has 87 heavy (non-hydrogen) atoms. The molecule has 1 aliphatic heterocycles. The summed E-state index contributed by atoms with van der Waals surface area (Å²) < 4.78 is 21.3. The van der Waals surface area contributed by atoms with Crippen molar-refractivity contribution in [3.63, 3.8) is 0 Å². The predicted octanol–water partition coefficient (Wildman–Crippen LogP) is 3.16. The number of phenolic OH excluding ortho intramolecular Hbond substituents is 1. The topological polar surface area (TPSA) is 378 Å². The quantitative estimate of drug-likeness (QED) is 0.0257. The third-order valence-corrected chi connectivity index (χ3v) is 16.2. The molecule has 490 valence electrons. The summed E-state index contributed by atoms with van der Waals surface area (Å²) in [5.74, 6) is -6.39. The van der Waals surface area contributed by atoms with Crippen molar-refractivity contribution in [1.82, 2.24) is 26.6 Å². The molecule has 1 unspecified atom stereocenters. The number of rotatable bonds is 48. The van der Waals surface area contributed by atoms with Gasteiger partial charge < -0.3 is 72.3 Å². The van der Waals surface area contributed by atoms with Gasteiger partial charge in [0, 0.05) is 69.3 Å². The largest absolute Gasteiger partial charge is 1.00 e. The Labute approximate surface area is 565 Å². The molecule has 0 aromatic heterocycles. The molecule has 1 aromatic carbocycles. The summed E-state index contributed by atoms with van der Waals surface area (Å²) in [7, 11) is 2.56. The Kier molecular flexibility index (Phi) is 52.8. The number of carboxylic acid groups (broad SMARTS) is 2. The zero-order valence-corrected chi connectivity index (χ0v) is 56.6. The molecular formula is C60H100KN7O17S2. The molecule has 6 amide bonds. The molecule has 0 aliphatic carbocycles. The van der Waals surface area contributed by atoms with Crippen molar-refractivity contribution in [3.8, 4) is 5.75 Å². The van der Waals surface area contributed by atoms with E-state index in [2.05, 4.69) is 33.5 Å². The molecule has 1 heterocycles. The molecule has 2 rings (SSSR count). The van der Waals surface area contributed by atoms with Crippen molar-refractivity contribution in [3.05, 3.63) is 35.6 Å². The first kappa shape index (κ1) is 83.3. The fourth-order valence-electron chi connectivity index (χ4n) is 8.64. The average molecular weight is 1290 g/mol. The van der Waals surface area contributed by atoms with Crippen LogP contribution in [0.3, 0.4) is 0 Å². The Balaban J connectivity index is 0.00000315. The molecule has 0 radical (unpaired) electrons. The van der Waals surface area contributed by atoms with Gasteiger partial charge in [-0.05, 0) is 68.0 Å². The minimum Gasteiger partial charge on any atom is -0.666 e. The van der Waals surface area contributed by atoms with Crippen LogP contribution in [0, 0.1) is 11.8 Å². The van der Waals surface area contributed by atoms with E-state index >= 15 is 0 Å². The fourth-order valence-corrected chi connectivity index (χ4v) is 11.1. The van der Waals surface area contributed by atoms with Gasteiger partial charge in [0.1, 0.15) is 30.8 Å². The van der Waals surface area contributed by atoms with Crippen molar-refractivity contribution < 1.29 is 134 Å². The number of nitrogens with two attached hydrogens (primary N) is 1. The number of benzene rings is 1. The van der Waals surface area contributed by atoms with Crippen LogP contribution in [0.25, 0.3) is 5.73 Å². The van der Waals surface area contributed by atoms with E-state index in [1.54, 1.807) is 19.1 Å². The smallest absolute Gasteiger partial charge is 0.666 e. The van der Waals surface area contributed by atoms with Crippen LogP contribution in [0.15, 0.2) is 24.3 Å². The first-order valence-corrected chi connectivity index (χ1v) is 33.1. The van der Waals surface area contributed by atoms with E-state index in [0.717, 1.165) is 12.8 Å². The number of ketones is 2. The van der Waals surface area contributed by atoms with Crippen molar-refractivity contribution in [2.75, 3.05) is 84.0 Å². The van der Waals surface area contributed by atoms with E-state index in [1.165, 1.54) is 111 Å². The average Bonchev–Trinajstić information content (AvgIpc) is 3.52. The van der Waals surface area contributed by atoms with Crippen LogP contribution in [0.4, 0.5) is 0 Å². The minimum absolute atomic E-state index is 0. The van der Waals surface area contributed by atoms with Crippen LogP contribution in [0.1, 0.15) is 167 Å². The monoisotopic (exact) mass is 1290 g/mol. The summed E-state index contributed by atoms with van der Waals surface area (Å²) in [5, 5.41) is 40.2. The second-order valence-electron chi connectivity index (χ2n) is 21.2. The Hall–Kier alpha value is -3.74. The molecule has 1 aliphatic rings. The molecule has 11 N–H and O–H groups in total. The molecule has 0 spiro atoms. The van der Waals surface area contributed by atoms with Crippen molar-refractivity contribution in [1.29, 1.82) is 0 Å². The van der Waals surface area contributed by atoms with E-state index in [-0.39, 0.29) is 215 Å². The number of hydrogen-bond acceptors (Lipinski definition) is 17. The normalized spacial score (nSPS) is 15.8. The Bertz CT molecular complexity index is 2120. The number of carboxylic acids is 2.